The molecule has 4 aromatic rings. The fourth-order valence-corrected chi connectivity index (χ4v) is 5.65. The second-order valence-corrected chi connectivity index (χ2v) is 10.5. The van der Waals surface area contributed by atoms with Crippen molar-refractivity contribution in [1.29, 1.82) is 0 Å². The van der Waals surface area contributed by atoms with Crippen molar-refractivity contribution >= 4 is 22.6 Å². The summed E-state index contributed by atoms with van der Waals surface area (Å²) >= 11 is 0. The molecule has 0 bridgehead atoms. The van der Waals surface area contributed by atoms with E-state index in [9.17, 15) is 9.18 Å². The zero-order valence-corrected chi connectivity index (χ0v) is 21.9. The van der Waals surface area contributed by atoms with Crippen LogP contribution in [0.25, 0.3) is 22.3 Å². The summed E-state index contributed by atoms with van der Waals surface area (Å²) in [6.07, 6.45) is 8.95. The first-order chi connectivity index (χ1) is 18.4. The number of nitrogens with zero attached hydrogens (tertiary/aromatic N) is 7. The van der Waals surface area contributed by atoms with Crippen molar-refractivity contribution in [2.45, 2.75) is 38.1 Å². The lowest BCUT2D eigenvalue weighted by Gasteiger charge is -2.34. The average Bonchev–Trinajstić information content (AvgIpc) is 3.52. The van der Waals surface area contributed by atoms with Gasteiger partial charge < -0.3 is 19.4 Å². The number of aryl methyl sites for hydroxylation is 1. The van der Waals surface area contributed by atoms with Gasteiger partial charge in [0.15, 0.2) is 0 Å². The lowest BCUT2D eigenvalue weighted by Crippen LogP contribution is -2.44. The SMILES string of the molecule is CN1CCN(c2ccc3[nH]/c(=N\C(=O)c4cc(F)nc(-c5cnn(C)c5)c4)n(C4CCCCC4)c3c2)CC1. The maximum Gasteiger partial charge on any atom is 0.280 e. The average molecular weight is 517 g/mol. The predicted octanol–water partition coefficient (Wildman–Crippen LogP) is 3.90. The van der Waals surface area contributed by atoms with Crippen LogP contribution in [0.2, 0.25) is 0 Å². The minimum atomic E-state index is -0.724. The van der Waals surface area contributed by atoms with Gasteiger partial charge in [0, 0.05) is 68.3 Å². The van der Waals surface area contributed by atoms with Crippen LogP contribution in [-0.4, -0.2) is 68.3 Å². The number of benzene rings is 1. The largest absolute Gasteiger partial charge is 0.369 e. The van der Waals surface area contributed by atoms with Crippen LogP contribution in [0.15, 0.2) is 47.7 Å². The van der Waals surface area contributed by atoms with E-state index in [0.29, 0.717) is 16.9 Å². The number of pyridine rings is 1. The van der Waals surface area contributed by atoms with Crippen molar-refractivity contribution in [3.05, 3.63) is 59.9 Å². The zero-order valence-electron chi connectivity index (χ0n) is 21.9. The van der Waals surface area contributed by atoms with E-state index < -0.39 is 11.9 Å². The number of imidazole rings is 1. The number of hydrogen-bond donors (Lipinski definition) is 1. The molecule has 1 saturated carbocycles. The summed E-state index contributed by atoms with van der Waals surface area (Å²) < 4.78 is 18.3. The molecule has 38 heavy (non-hydrogen) atoms. The molecule has 1 amide bonds. The summed E-state index contributed by atoms with van der Waals surface area (Å²) in [4.78, 5) is 30.0. The van der Waals surface area contributed by atoms with Crippen molar-refractivity contribution in [1.82, 2.24) is 29.2 Å². The number of carbonyl (C=O) groups is 1. The van der Waals surface area contributed by atoms with Crippen LogP contribution in [-0.2, 0) is 7.05 Å². The number of piperazine rings is 1. The van der Waals surface area contributed by atoms with Gasteiger partial charge in [-0.2, -0.15) is 14.5 Å². The molecule has 9 nitrogen and oxygen atoms in total. The smallest absolute Gasteiger partial charge is 0.280 e. The van der Waals surface area contributed by atoms with Crippen molar-refractivity contribution in [2.24, 2.45) is 12.0 Å². The molecule has 10 heteroatoms. The summed E-state index contributed by atoms with van der Waals surface area (Å²) in [5.41, 5.74) is 4.83. The topological polar surface area (TPSA) is 87.3 Å². The van der Waals surface area contributed by atoms with Crippen molar-refractivity contribution < 1.29 is 9.18 Å². The van der Waals surface area contributed by atoms with Crippen molar-refractivity contribution in [3.63, 3.8) is 0 Å². The number of halogens is 1. The van der Waals surface area contributed by atoms with E-state index in [1.807, 2.05) is 0 Å². The van der Waals surface area contributed by atoms with Gasteiger partial charge in [0.1, 0.15) is 0 Å². The number of amides is 1. The molecule has 3 aromatic heterocycles. The molecule has 1 aliphatic heterocycles. The van der Waals surface area contributed by atoms with Gasteiger partial charge in [0.25, 0.3) is 5.91 Å². The van der Waals surface area contributed by atoms with Gasteiger partial charge in [-0.1, -0.05) is 19.3 Å². The number of nitrogens with one attached hydrogen (secondary N) is 1. The molecular weight excluding hydrogens is 483 g/mol. The minimum Gasteiger partial charge on any atom is -0.369 e. The third kappa shape index (κ3) is 4.88. The van der Waals surface area contributed by atoms with Crippen LogP contribution in [0.5, 0.6) is 0 Å². The third-order valence-electron chi connectivity index (χ3n) is 7.77. The number of aromatic amines is 1. The summed E-state index contributed by atoms with van der Waals surface area (Å²) in [6.45, 7) is 4.04. The fraction of sp³-hybridized carbons (Fsp3) is 0.429. The molecule has 1 N–H and O–H groups in total. The standard InChI is InChI=1S/C28H33FN8O/c1-34-10-12-36(13-11-34)22-8-9-23-25(16-22)37(21-6-4-3-5-7-21)28(32-23)33-27(38)19-14-24(31-26(29)15-19)20-17-30-35(2)18-20/h8-9,14-18,21H,3-7,10-13H2,1-2H3,(H,32,33,38). The summed E-state index contributed by atoms with van der Waals surface area (Å²) in [5.74, 6) is -1.23. The quantitative estimate of drug-likeness (QED) is 0.416. The fourth-order valence-electron chi connectivity index (χ4n) is 5.65. The number of carbonyl (C=O) groups excluding carboxylic acids is 1. The van der Waals surface area contributed by atoms with Crippen molar-refractivity contribution in [3.8, 4) is 11.3 Å². The number of hydrogen-bond acceptors (Lipinski definition) is 5. The Bertz CT molecular complexity index is 1540. The first-order valence-electron chi connectivity index (χ1n) is 13.4. The Morgan fingerprint density at radius 3 is 2.58 bits per heavy atom. The van der Waals surface area contributed by atoms with Crippen LogP contribution >= 0.6 is 0 Å². The molecule has 0 spiro atoms. The molecule has 1 aromatic carbocycles. The van der Waals surface area contributed by atoms with E-state index in [1.165, 1.54) is 12.1 Å². The molecule has 2 aliphatic rings. The van der Waals surface area contributed by atoms with Gasteiger partial charge in [-0.25, -0.2) is 4.98 Å². The first kappa shape index (κ1) is 24.5. The van der Waals surface area contributed by atoms with E-state index in [4.69, 9.17) is 0 Å². The number of aromatic nitrogens is 5. The molecule has 6 rings (SSSR count). The number of H-pyrrole nitrogens is 1. The van der Waals surface area contributed by atoms with Crippen LogP contribution in [0.4, 0.5) is 10.1 Å². The summed E-state index contributed by atoms with van der Waals surface area (Å²) in [5, 5.41) is 4.13. The maximum atomic E-state index is 14.4. The first-order valence-corrected chi connectivity index (χ1v) is 13.4. The molecule has 2 fully saturated rings. The second-order valence-electron chi connectivity index (χ2n) is 10.5. The van der Waals surface area contributed by atoms with E-state index >= 15 is 0 Å². The molecule has 4 heterocycles. The molecule has 1 aliphatic carbocycles. The number of fused-ring (bicyclic) bond motifs is 1. The Hall–Kier alpha value is -3.79. The van der Waals surface area contributed by atoms with Gasteiger partial charge in [0.2, 0.25) is 11.6 Å². The zero-order chi connectivity index (χ0) is 26.2. The van der Waals surface area contributed by atoms with E-state index in [-0.39, 0.29) is 11.6 Å². The van der Waals surface area contributed by atoms with E-state index in [2.05, 4.69) is 59.7 Å². The number of rotatable bonds is 4. The molecular formula is C28H33FN8O. The van der Waals surface area contributed by atoms with Gasteiger partial charge in [-0.05, 0) is 44.2 Å². The van der Waals surface area contributed by atoms with E-state index in [0.717, 1.165) is 69.0 Å². The second kappa shape index (κ2) is 10.2. The van der Waals surface area contributed by atoms with E-state index in [1.54, 1.807) is 30.2 Å². The normalized spacial score (nSPS) is 18.0. The lowest BCUT2D eigenvalue weighted by atomic mass is 9.95. The summed E-state index contributed by atoms with van der Waals surface area (Å²) in [7, 11) is 3.93. The Balaban J connectivity index is 1.42. The Kier molecular flexibility index (Phi) is 6.57. The minimum absolute atomic E-state index is 0.156. The molecule has 0 unspecified atom stereocenters. The van der Waals surface area contributed by atoms with Gasteiger partial charge in [0.05, 0.1) is 22.9 Å². The van der Waals surface area contributed by atoms with Gasteiger partial charge in [-0.3, -0.25) is 9.48 Å². The van der Waals surface area contributed by atoms with Gasteiger partial charge >= 0.3 is 0 Å². The van der Waals surface area contributed by atoms with Gasteiger partial charge in [-0.15, -0.1) is 0 Å². The lowest BCUT2D eigenvalue weighted by molar-refractivity contribution is 0.0995. The molecule has 0 atom stereocenters. The number of anilines is 1. The maximum absolute atomic E-state index is 14.4. The van der Waals surface area contributed by atoms with Crippen LogP contribution in [0, 0.1) is 5.95 Å². The monoisotopic (exact) mass is 516 g/mol. The highest BCUT2D eigenvalue weighted by molar-refractivity contribution is 5.96. The highest BCUT2D eigenvalue weighted by Crippen LogP contribution is 2.31. The highest BCUT2D eigenvalue weighted by Gasteiger charge is 2.22. The van der Waals surface area contributed by atoms with Crippen LogP contribution in [0.1, 0.15) is 48.5 Å². The predicted molar refractivity (Wildman–Crippen MR) is 144 cm³/mol. The highest BCUT2D eigenvalue weighted by atomic mass is 19.1. The Morgan fingerprint density at radius 1 is 1.05 bits per heavy atom. The molecule has 198 valence electrons. The van der Waals surface area contributed by atoms with Crippen LogP contribution in [0.3, 0.4) is 0 Å². The molecule has 0 radical (unpaired) electrons. The summed E-state index contributed by atoms with van der Waals surface area (Å²) in [6, 6.07) is 9.42. The molecule has 1 saturated heterocycles. The van der Waals surface area contributed by atoms with Crippen LogP contribution < -0.4 is 10.5 Å². The third-order valence-corrected chi connectivity index (χ3v) is 7.77. The number of likely N-dealkylation sites (N-methyl/N-ethyl adjacent to an activating group) is 1. The van der Waals surface area contributed by atoms with Crippen molar-refractivity contribution in [2.75, 3.05) is 38.1 Å². The Labute approximate surface area is 220 Å². The Morgan fingerprint density at radius 2 is 1.84 bits per heavy atom.